The molecular formula is C16H21N3O3S. The molecule has 1 aromatic carbocycles. The number of rotatable bonds is 7. The zero-order valence-corrected chi connectivity index (χ0v) is 14.3. The van der Waals surface area contributed by atoms with Crippen molar-refractivity contribution in [2.24, 2.45) is 0 Å². The summed E-state index contributed by atoms with van der Waals surface area (Å²) in [4.78, 5) is 16.0. The molecule has 7 heteroatoms. The first-order chi connectivity index (χ1) is 11.2. The van der Waals surface area contributed by atoms with E-state index in [4.69, 9.17) is 9.47 Å². The fraction of sp³-hybridized carbons (Fsp3) is 0.375. The molecule has 0 aliphatic carbocycles. The van der Waals surface area contributed by atoms with E-state index in [2.05, 4.69) is 15.6 Å². The Morgan fingerprint density at radius 2 is 2.17 bits per heavy atom. The van der Waals surface area contributed by atoms with Gasteiger partial charge in [-0.1, -0.05) is 0 Å². The Balaban J connectivity index is 2.18. The largest absolute Gasteiger partial charge is 0.496 e. The Labute approximate surface area is 139 Å². The van der Waals surface area contributed by atoms with E-state index in [0.717, 1.165) is 22.6 Å². The van der Waals surface area contributed by atoms with E-state index in [1.807, 2.05) is 37.4 Å². The van der Waals surface area contributed by atoms with Crippen LogP contribution in [0.4, 0.5) is 9.93 Å². The lowest BCUT2D eigenvalue weighted by atomic mass is 10.1. The number of anilines is 1. The van der Waals surface area contributed by atoms with Gasteiger partial charge in [-0.05, 0) is 32.0 Å². The van der Waals surface area contributed by atoms with E-state index in [1.165, 1.54) is 11.3 Å². The molecule has 0 fully saturated rings. The third-order valence-corrected chi connectivity index (χ3v) is 3.86. The molecule has 0 saturated carbocycles. The molecule has 2 amide bonds. The summed E-state index contributed by atoms with van der Waals surface area (Å²) in [7, 11) is 1.64. The first-order valence-electron chi connectivity index (χ1n) is 7.43. The Bertz CT molecular complexity index is 658. The number of hydrogen-bond acceptors (Lipinski definition) is 5. The number of thiazole rings is 1. The highest BCUT2D eigenvalue weighted by atomic mass is 32.1. The van der Waals surface area contributed by atoms with Crippen molar-refractivity contribution < 1.29 is 14.3 Å². The van der Waals surface area contributed by atoms with Crippen molar-refractivity contribution in [1.29, 1.82) is 0 Å². The predicted octanol–water partition coefficient (Wildman–Crippen LogP) is 3.50. The summed E-state index contributed by atoms with van der Waals surface area (Å²) in [6, 6.07) is 5.60. The Hall–Kier alpha value is -2.12. The molecule has 0 bridgehead atoms. The topological polar surface area (TPSA) is 72.5 Å². The van der Waals surface area contributed by atoms with Crippen molar-refractivity contribution in [3.8, 4) is 17.0 Å². The SMILES string of the molecule is CCNC(=O)Nc1nc(-c2ccc(OC)c(COCC)c2)cs1. The van der Waals surface area contributed by atoms with Gasteiger partial charge in [-0.25, -0.2) is 9.78 Å². The fourth-order valence-electron chi connectivity index (χ4n) is 2.03. The molecule has 0 radical (unpaired) electrons. The van der Waals surface area contributed by atoms with Crippen molar-refractivity contribution in [3.63, 3.8) is 0 Å². The zero-order chi connectivity index (χ0) is 16.7. The van der Waals surface area contributed by atoms with Crippen LogP contribution in [0.25, 0.3) is 11.3 Å². The fourth-order valence-corrected chi connectivity index (χ4v) is 2.74. The van der Waals surface area contributed by atoms with E-state index in [0.29, 0.717) is 24.9 Å². The molecule has 124 valence electrons. The number of carbonyl (C=O) groups is 1. The lowest BCUT2D eigenvalue weighted by molar-refractivity contribution is 0.132. The molecule has 1 aromatic heterocycles. The smallest absolute Gasteiger partial charge is 0.321 e. The van der Waals surface area contributed by atoms with Crippen LogP contribution >= 0.6 is 11.3 Å². The molecule has 0 aliphatic heterocycles. The third kappa shape index (κ3) is 4.67. The van der Waals surface area contributed by atoms with Crippen molar-refractivity contribution in [2.75, 3.05) is 25.6 Å². The lowest BCUT2D eigenvalue weighted by Crippen LogP contribution is -2.28. The molecule has 6 nitrogen and oxygen atoms in total. The van der Waals surface area contributed by atoms with Gasteiger partial charge in [-0.2, -0.15) is 0 Å². The minimum Gasteiger partial charge on any atom is -0.496 e. The van der Waals surface area contributed by atoms with Gasteiger partial charge in [0.15, 0.2) is 5.13 Å². The van der Waals surface area contributed by atoms with Crippen molar-refractivity contribution in [1.82, 2.24) is 10.3 Å². The van der Waals surface area contributed by atoms with Crippen molar-refractivity contribution >= 4 is 22.5 Å². The summed E-state index contributed by atoms with van der Waals surface area (Å²) < 4.78 is 10.8. The second kappa shape index (κ2) is 8.50. The molecule has 0 unspecified atom stereocenters. The summed E-state index contributed by atoms with van der Waals surface area (Å²) in [6.07, 6.45) is 0. The van der Waals surface area contributed by atoms with Crippen LogP contribution in [0.5, 0.6) is 5.75 Å². The van der Waals surface area contributed by atoms with Gasteiger partial charge in [0, 0.05) is 29.7 Å². The van der Waals surface area contributed by atoms with Crippen LogP contribution < -0.4 is 15.4 Å². The number of aromatic nitrogens is 1. The summed E-state index contributed by atoms with van der Waals surface area (Å²) >= 11 is 1.39. The van der Waals surface area contributed by atoms with Crippen LogP contribution in [0, 0.1) is 0 Å². The van der Waals surface area contributed by atoms with Crippen LogP contribution in [0.1, 0.15) is 19.4 Å². The maximum Gasteiger partial charge on any atom is 0.321 e. The Morgan fingerprint density at radius 3 is 2.87 bits per heavy atom. The first-order valence-corrected chi connectivity index (χ1v) is 8.31. The molecule has 0 saturated heterocycles. The van der Waals surface area contributed by atoms with Gasteiger partial charge in [-0.3, -0.25) is 5.32 Å². The summed E-state index contributed by atoms with van der Waals surface area (Å²) in [5.74, 6) is 0.790. The summed E-state index contributed by atoms with van der Waals surface area (Å²) in [6.45, 7) is 5.52. The molecule has 0 atom stereocenters. The highest BCUT2D eigenvalue weighted by Crippen LogP contribution is 2.29. The van der Waals surface area contributed by atoms with E-state index >= 15 is 0 Å². The average Bonchev–Trinajstić information content (AvgIpc) is 3.01. The number of nitrogens with one attached hydrogen (secondary N) is 2. The molecule has 2 N–H and O–H groups in total. The molecule has 2 aromatic rings. The van der Waals surface area contributed by atoms with Crippen LogP contribution in [-0.4, -0.2) is 31.3 Å². The first kappa shape index (κ1) is 17.2. The van der Waals surface area contributed by atoms with E-state index in [-0.39, 0.29) is 6.03 Å². The Kier molecular flexibility index (Phi) is 6.37. The highest BCUT2D eigenvalue weighted by Gasteiger charge is 2.10. The number of benzene rings is 1. The van der Waals surface area contributed by atoms with Crippen molar-refractivity contribution in [3.05, 3.63) is 29.1 Å². The van der Waals surface area contributed by atoms with E-state index in [1.54, 1.807) is 7.11 Å². The van der Waals surface area contributed by atoms with Crippen LogP contribution in [-0.2, 0) is 11.3 Å². The second-order valence-electron chi connectivity index (χ2n) is 4.69. The number of methoxy groups -OCH3 is 1. The van der Waals surface area contributed by atoms with E-state index < -0.39 is 0 Å². The van der Waals surface area contributed by atoms with Gasteiger partial charge < -0.3 is 14.8 Å². The number of hydrogen-bond donors (Lipinski definition) is 2. The number of nitrogens with zero attached hydrogens (tertiary/aromatic N) is 1. The summed E-state index contributed by atoms with van der Waals surface area (Å²) in [5, 5.41) is 7.86. The molecule has 1 heterocycles. The average molecular weight is 335 g/mol. The molecule has 2 rings (SSSR count). The zero-order valence-electron chi connectivity index (χ0n) is 13.5. The van der Waals surface area contributed by atoms with Crippen LogP contribution in [0.3, 0.4) is 0 Å². The molecule has 0 spiro atoms. The minimum absolute atomic E-state index is 0.250. The maximum absolute atomic E-state index is 11.5. The van der Waals surface area contributed by atoms with Crippen LogP contribution in [0.2, 0.25) is 0 Å². The monoisotopic (exact) mass is 335 g/mol. The van der Waals surface area contributed by atoms with Gasteiger partial charge in [-0.15, -0.1) is 11.3 Å². The number of carbonyl (C=O) groups excluding carboxylic acids is 1. The normalized spacial score (nSPS) is 10.4. The molecule has 0 aliphatic rings. The Morgan fingerprint density at radius 1 is 1.35 bits per heavy atom. The lowest BCUT2D eigenvalue weighted by Gasteiger charge is -2.10. The second-order valence-corrected chi connectivity index (χ2v) is 5.54. The minimum atomic E-state index is -0.250. The number of amides is 2. The van der Waals surface area contributed by atoms with Crippen molar-refractivity contribution in [2.45, 2.75) is 20.5 Å². The third-order valence-electron chi connectivity index (χ3n) is 3.10. The maximum atomic E-state index is 11.5. The number of urea groups is 1. The summed E-state index contributed by atoms with van der Waals surface area (Å²) in [5.41, 5.74) is 2.74. The van der Waals surface area contributed by atoms with Gasteiger partial charge in [0.25, 0.3) is 0 Å². The molecule has 23 heavy (non-hydrogen) atoms. The van der Waals surface area contributed by atoms with Gasteiger partial charge in [0.1, 0.15) is 5.75 Å². The predicted molar refractivity (Wildman–Crippen MR) is 92.1 cm³/mol. The standard InChI is InChI=1S/C16H21N3O3S/c1-4-17-15(20)19-16-18-13(10-23-16)11-6-7-14(21-3)12(8-11)9-22-5-2/h6-8,10H,4-5,9H2,1-3H3,(H2,17,18,19,20). The van der Waals surface area contributed by atoms with Gasteiger partial charge >= 0.3 is 6.03 Å². The van der Waals surface area contributed by atoms with Crippen LogP contribution in [0.15, 0.2) is 23.6 Å². The number of ether oxygens (including phenoxy) is 2. The van der Waals surface area contributed by atoms with Gasteiger partial charge in [0.2, 0.25) is 0 Å². The van der Waals surface area contributed by atoms with Gasteiger partial charge in [0.05, 0.1) is 19.4 Å². The molecular weight excluding hydrogens is 314 g/mol. The highest BCUT2D eigenvalue weighted by molar-refractivity contribution is 7.14. The van der Waals surface area contributed by atoms with E-state index in [9.17, 15) is 4.79 Å². The quantitative estimate of drug-likeness (QED) is 0.812.